The highest BCUT2D eigenvalue weighted by Gasteiger charge is 2.26. The van der Waals surface area contributed by atoms with E-state index in [9.17, 15) is 0 Å². The topological polar surface area (TPSA) is 69.6 Å². The predicted molar refractivity (Wildman–Crippen MR) is 77.3 cm³/mol. The summed E-state index contributed by atoms with van der Waals surface area (Å²) in [6, 6.07) is 8.67. The number of hydrogen-bond donors (Lipinski definition) is 1. The molecule has 1 aromatic carbocycles. The zero-order valence-corrected chi connectivity index (χ0v) is 11.7. The Morgan fingerprint density at radius 2 is 2.15 bits per heavy atom. The van der Waals surface area contributed by atoms with Crippen LogP contribution < -0.4 is 5.73 Å². The van der Waals surface area contributed by atoms with Gasteiger partial charge in [0, 0.05) is 12.5 Å². The lowest BCUT2D eigenvalue weighted by Gasteiger charge is -2.24. The highest BCUT2D eigenvalue weighted by molar-refractivity contribution is 5.36. The molecule has 1 aliphatic carbocycles. The second-order valence-electron chi connectivity index (χ2n) is 5.40. The zero-order chi connectivity index (χ0) is 13.8. The van der Waals surface area contributed by atoms with Gasteiger partial charge < -0.3 is 5.73 Å². The molecule has 1 heterocycles. The average Bonchev–Trinajstić information content (AvgIpc) is 2.95. The average molecular weight is 271 g/mol. The Labute approximate surface area is 119 Å². The minimum absolute atomic E-state index is 0.341. The summed E-state index contributed by atoms with van der Waals surface area (Å²) in [6.07, 6.45) is 5.55. The third-order valence-electron chi connectivity index (χ3n) is 4.06. The first-order valence-electron chi connectivity index (χ1n) is 7.44. The number of hydrogen-bond acceptors (Lipinski definition) is 4. The molecule has 106 valence electrons. The van der Waals surface area contributed by atoms with Crippen LogP contribution in [0.3, 0.4) is 0 Å². The van der Waals surface area contributed by atoms with Gasteiger partial charge >= 0.3 is 0 Å². The van der Waals surface area contributed by atoms with E-state index in [2.05, 4.69) is 39.8 Å². The molecule has 2 aromatic rings. The molecule has 0 aliphatic heterocycles. The van der Waals surface area contributed by atoms with Crippen molar-refractivity contribution in [2.24, 2.45) is 5.73 Å². The molecule has 0 saturated carbocycles. The van der Waals surface area contributed by atoms with Crippen LogP contribution in [-0.4, -0.2) is 26.8 Å². The smallest absolute Gasteiger partial charge is 0.158 e. The van der Waals surface area contributed by atoms with Crippen molar-refractivity contribution >= 4 is 0 Å². The maximum absolute atomic E-state index is 5.55. The Morgan fingerprint density at radius 3 is 3.05 bits per heavy atom. The highest BCUT2D eigenvalue weighted by atomic mass is 15.5. The molecule has 5 heteroatoms. The van der Waals surface area contributed by atoms with Gasteiger partial charge in [0.05, 0.1) is 0 Å². The number of benzene rings is 1. The van der Waals surface area contributed by atoms with Gasteiger partial charge in [0.25, 0.3) is 0 Å². The highest BCUT2D eigenvalue weighted by Crippen LogP contribution is 2.35. The Morgan fingerprint density at radius 1 is 1.25 bits per heavy atom. The van der Waals surface area contributed by atoms with Gasteiger partial charge in [0.15, 0.2) is 5.82 Å². The second-order valence-corrected chi connectivity index (χ2v) is 5.40. The quantitative estimate of drug-likeness (QED) is 0.843. The van der Waals surface area contributed by atoms with E-state index < -0.39 is 0 Å². The Hall–Kier alpha value is -1.75. The normalized spacial score (nSPS) is 17.9. The minimum atomic E-state index is 0.341. The number of nitrogens with two attached hydrogens (primary N) is 1. The van der Waals surface area contributed by atoms with Gasteiger partial charge in [-0.05, 0) is 60.2 Å². The molecule has 0 amide bonds. The maximum atomic E-state index is 5.55. The molecule has 1 atom stereocenters. The lowest BCUT2D eigenvalue weighted by Crippen LogP contribution is -2.17. The largest absolute Gasteiger partial charge is 0.330 e. The fraction of sp³-hybridized carbons (Fsp3) is 0.533. The van der Waals surface area contributed by atoms with Crippen LogP contribution in [0.25, 0.3) is 0 Å². The molecule has 0 radical (unpaired) electrons. The Kier molecular flexibility index (Phi) is 4.06. The lowest BCUT2D eigenvalue weighted by molar-refractivity contribution is 0.493. The molecule has 3 rings (SSSR count). The minimum Gasteiger partial charge on any atom is -0.330 e. The van der Waals surface area contributed by atoms with E-state index in [1.807, 2.05) is 4.68 Å². The summed E-state index contributed by atoms with van der Waals surface area (Å²) in [7, 11) is 0. The predicted octanol–water partition coefficient (Wildman–Crippen LogP) is 1.88. The van der Waals surface area contributed by atoms with Gasteiger partial charge in [0.2, 0.25) is 0 Å². The van der Waals surface area contributed by atoms with Gasteiger partial charge in [-0.25, -0.2) is 4.68 Å². The van der Waals surface area contributed by atoms with Crippen LogP contribution in [0, 0.1) is 0 Å². The fourth-order valence-electron chi connectivity index (χ4n) is 3.05. The van der Waals surface area contributed by atoms with Gasteiger partial charge in [0.1, 0.15) is 0 Å². The fourth-order valence-corrected chi connectivity index (χ4v) is 3.05. The lowest BCUT2D eigenvalue weighted by atomic mass is 9.82. The molecule has 1 unspecified atom stereocenters. The van der Waals surface area contributed by atoms with Crippen LogP contribution in [0.2, 0.25) is 0 Å². The van der Waals surface area contributed by atoms with Crippen molar-refractivity contribution in [1.29, 1.82) is 0 Å². The molecule has 0 spiro atoms. The second kappa shape index (κ2) is 6.13. The van der Waals surface area contributed by atoms with Gasteiger partial charge in [-0.15, -0.1) is 5.10 Å². The van der Waals surface area contributed by atoms with Crippen LogP contribution in [0.15, 0.2) is 24.3 Å². The standard InChI is InChI=1S/C15H21N5/c16-10-3-4-11-20-15(17-18-19-20)14-9-5-7-12-6-1-2-8-13(12)14/h1-2,6,8,14H,3-5,7,9-11,16H2. The van der Waals surface area contributed by atoms with E-state index in [-0.39, 0.29) is 0 Å². The number of tetrazole rings is 1. The van der Waals surface area contributed by atoms with Gasteiger partial charge in [-0.2, -0.15) is 0 Å². The van der Waals surface area contributed by atoms with Crippen LogP contribution in [-0.2, 0) is 13.0 Å². The molecule has 0 fully saturated rings. The third kappa shape index (κ3) is 2.58. The van der Waals surface area contributed by atoms with Crippen molar-refractivity contribution in [3.05, 3.63) is 41.2 Å². The van der Waals surface area contributed by atoms with Crippen LogP contribution in [0.1, 0.15) is 48.6 Å². The van der Waals surface area contributed by atoms with Crippen molar-refractivity contribution in [2.75, 3.05) is 6.54 Å². The number of rotatable bonds is 5. The van der Waals surface area contributed by atoms with Crippen LogP contribution in [0.5, 0.6) is 0 Å². The van der Waals surface area contributed by atoms with E-state index >= 15 is 0 Å². The van der Waals surface area contributed by atoms with Crippen molar-refractivity contribution in [3.8, 4) is 0 Å². The summed E-state index contributed by atoms with van der Waals surface area (Å²) in [5.41, 5.74) is 8.39. The SMILES string of the molecule is NCCCCn1nnnc1C1CCCc2ccccc21. The van der Waals surface area contributed by atoms with E-state index in [1.54, 1.807) is 0 Å². The molecule has 0 saturated heterocycles. The van der Waals surface area contributed by atoms with Crippen LogP contribution in [0.4, 0.5) is 0 Å². The van der Waals surface area contributed by atoms with Crippen molar-refractivity contribution in [2.45, 2.75) is 44.6 Å². The summed E-state index contributed by atoms with van der Waals surface area (Å²) < 4.78 is 1.96. The summed E-state index contributed by atoms with van der Waals surface area (Å²) in [5.74, 6) is 1.35. The van der Waals surface area contributed by atoms with Crippen molar-refractivity contribution < 1.29 is 0 Å². The number of aryl methyl sites for hydroxylation is 2. The van der Waals surface area contributed by atoms with E-state index in [1.165, 1.54) is 24.0 Å². The number of fused-ring (bicyclic) bond motifs is 1. The zero-order valence-electron chi connectivity index (χ0n) is 11.7. The molecular formula is C15H21N5. The number of nitrogens with zero attached hydrogens (tertiary/aromatic N) is 4. The number of unbranched alkanes of at least 4 members (excludes halogenated alkanes) is 1. The first-order chi connectivity index (χ1) is 9.90. The Bertz CT molecular complexity index is 563. The van der Waals surface area contributed by atoms with E-state index in [4.69, 9.17) is 5.73 Å². The molecule has 5 nitrogen and oxygen atoms in total. The first-order valence-corrected chi connectivity index (χ1v) is 7.44. The van der Waals surface area contributed by atoms with E-state index in [0.29, 0.717) is 5.92 Å². The Balaban J connectivity index is 1.85. The van der Waals surface area contributed by atoms with Crippen LogP contribution >= 0.6 is 0 Å². The maximum Gasteiger partial charge on any atom is 0.158 e. The van der Waals surface area contributed by atoms with Crippen molar-refractivity contribution in [3.63, 3.8) is 0 Å². The summed E-state index contributed by atoms with van der Waals surface area (Å²) in [4.78, 5) is 0. The molecule has 1 aliphatic rings. The van der Waals surface area contributed by atoms with Crippen molar-refractivity contribution in [1.82, 2.24) is 20.2 Å². The monoisotopic (exact) mass is 271 g/mol. The molecule has 2 N–H and O–H groups in total. The van der Waals surface area contributed by atoms with E-state index in [0.717, 1.165) is 38.2 Å². The summed E-state index contributed by atoms with van der Waals surface area (Å²) >= 11 is 0. The summed E-state index contributed by atoms with van der Waals surface area (Å²) in [6.45, 7) is 1.59. The van der Waals surface area contributed by atoms with Gasteiger partial charge in [-0.1, -0.05) is 24.3 Å². The third-order valence-corrected chi connectivity index (χ3v) is 4.06. The first kappa shape index (κ1) is 13.2. The summed E-state index contributed by atoms with van der Waals surface area (Å²) in [5, 5.41) is 12.3. The van der Waals surface area contributed by atoms with Gasteiger partial charge in [-0.3, -0.25) is 0 Å². The molecule has 1 aromatic heterocycles. The molecular weight excluding hydrogens is 250 g/mol. The molecule has 20 heavy (non-hydrogen) atoms. The molecule has 0 bridgehead atoms. The number of aromatic nitrogens is 4.